The lowest BCUT2D eigenvalue weighted by Gasteiger charge is -2.32. The number of hydrogen-bond acceptors (Lipinski definition) is 2. The van der Waals surface area contributed by atoms with Crippen molar-refractivity contribution in [2.45, 2.75) is 39.9 Å². The molecule has 4 aromatic carbocycles. The molecular weight excluding hydrogens is 438 g/mol. The summed E-state index contributed by atoms with van der Waals surface area (Å²) in [5.74, 6) is 0.525. The van der Waals surface area contributed by atoms with Crippen molar-refractivity contribution in [2.24, 2.45) is 5.92 Å². The molecule has 0 aromatic heterocycles. The summed E-state index contributed by atoms with van der Waals surface area (Å²) in [6.45, 7) is 16.0. The van der Waals surface area contributed by atoms with E-state index in [1.54, 1.807) is 0 Å². The Morgan fingerprint density at radius 3 is 1.75 bits per heavy atom. The van der Waals surface area contributed by atoms with Gasteiger partial charge < -0.3 is 0 Å². The van der Waals surface area contributed by atoms with Gasteiger partial charge >= 0.3 is 0 Å². The van der Waals surface area contributed by atoms with Gasteiger partial charge in [-0.3, -0.25) is 4.90 Å². The molecule has 0 aliphatic heterocycles. The highest BCUT2D eigenvalue weighted by Crippen LogP contribution is 2.31. The fraction of sp³-hybridized carbons (Fsp3) is 0.212. The minimum Gasteiger partial charge on any atom is -0.292 e. The van der Waals surface area contributed by atoms with Crippen molar-refractivity contribution < 1.29 is 0 Å². The first-order valence-corrected chi connectivity index (χ1v) is 12.4. The van der Waals surface area contributed by atoms with E-state index in [0.717, 1.165) is 35.3 Å². The minimum absolute atomic E-state index is 0.409. The van der Waals surface area contributed by atoms with Gasteiger partial charge in [0.15, 0.2) is 5.69 Å². The molecule has 0 saturated carbocycles. The highest BCUT2D eigenvalue weighted by atomic mass is 15.1. The molecule has 36 heavy (non-hydrogen) atoms. The monoisotopic (exact) mass is 469 g/mol. The van der Waals surface area contributed by atoms with E-state index in [9.17, 15) is 5.26 Å². The average molecular weight is 470 g/mol. The molecule has 0 spiro atoms. The molecule has 0 unspecified atom stereocenters. The summed E-state index contributed by atoms with van der Waals surface area (Å²) in [7, 11) is 0. The van der Waals surface area contributed by atoms with Crippen LogP contribution in [0.4, 0.5) is 5.69 Å². The lowest BCUT2D eigenvalue weighted by molar-refractivity contribution is 0.151. The van der Waals surface area contributed by atoms with Gasteiger partial charge in [0.05, 0.1) is 18.2 Å². The van der Waals surface area contributed by atoms with Crippen LogP contribution in [0.2, 0.25) is 0 Å². The molecule has 0 amide bonds. The zero-order chi connectivity index (χ0) is 25.5. The standard InChI is InChI=1S/C33H31N3/c1-24(2)25(3)36(22-26-13-17-28(18-14-26)31-10-6-5-9-30(31)21-34)23-27-15-19-29(20-16-27)32-11-7-8-12-33(32)35-4/h5-20,24-25H,22-23H2,1-3H3/t25-/m1/s1. The number of nitrogens with zero attached hydrogens (tertiary/aromatic N) is 3. The van der Waals surface area contributed by atoms with Gasteiger partial charge in [0.2, 0.25) is 0 Å². The molecular formula is C33H31N3. The van der Waals surface area contributed by atoms with Crippen LogP contribution in [0.3, 0.4) is 0 Å². The normalized spacial score (nSPS) is 11.8. The van der Waals surface area contributed by atoms with E-state index in [4.69, 9.17) is 6.57 Å². The van der Waals surface area contributed by atoms with Crippen molar-refractivity contribution in [2.75, 3.05) is 0 Å². The number of para-hydroxylation sites is 1. The molecule has 0 radical (unpaired) electrons. The first-order chi connectivity index (χ1) is 17.5. The maximum absolute atomic E-state index is 9.44. The van der Waals surface area contributed by atoms with E-state index >= 15 is 0 Å². The number of rotatable bonds is 8. The van der Waals surface area contributed by atoms with Gasteiger partial charge in [-0.25, -0.2) is 4.85 Å². The summed E-state index contributed by atoms with van der Waals surface area (Å²) >= 11 is 0. The molecule has 0 aliphatic carbocycles. The van der Waals surface area contributed by atoms with Gasteiger partial charge in [-0.05, 0) is 52.3 Å². The van der Waals surface area contributed by atoms with Crippen LogP contribution < -0.4 is 0 Å². The number of hydrogen-bond donors (Lipinski definition) is 0. The summed E-state index contributed by atoms with van der Waals surface area (Å²) in [4.78, 5) is 6.19. The van der Waals surface area contributed by atoms with Crippen LogP contribution in [-0.4, -0.2) is 10.9 Å². The largest absolute Gasteiger partial charge is 0.292 e. The highest BCUT2D eigenvalue weighted by Gasteiger charge is 2.18. The zero-order valence-electron chi connectivity index (χ0n) is 21.1. The second kappa shape index (κ2) is 11.5. The molecule has 1 atom stereocenters. The summed E-state index contributed by atoms with van der Waals surface area (Å²) in [5.41, 5.74) is 7.97. The van der Waals surface area contributed by atoms with Gasteiger partial charge in [0.1, 0.15) is 0 Å². The Morgan fingerprint density at radius 1 is 0.722 bits per heavy atom. The Morgan fingerprint density at radius 2 is 1.22 bits per heavy atom. The second-order valence-corrected chi connectivity index (χ2v) is 9.57. The van der Waals surface area contributed by atoms with Crippen molar-refractivity contribution in [1.82, 2.24) is 4.90 Å². The number of nitriles is 1. The van der Waals surface area contributed by atoms with Crippen molar-refractivity contribution in [1.29, 1.82) is 5.26 Å². The second-order valence-electron chi connectivity index (χ2n) is 9.57. The molecule has 3 heteroatoms. The van der Waals surface area contributed by atoms with Crippen molar-refractivity contribution in [3.8, 4) is 28.3 Å². The van der Waals surface area contributed by atoms with Crippen LogP contribution in [0.5, 0.6) is 0 Å². The summed E-state index contributed by atoms with van der Waals surface area (Å²) in [6.07, 6.45) is 0. The van der Waals surface area contributed by atoms with Crippen LogP contribution in [0.1, 0.15) is 37.5 Å². The van der Waals surface area contributed by atoms with E-state index in [-0.39, 0.29) is 0 Å². The predicted octanol–water partition coefficient (Wildman–Crippen LogP) is 8.49. The molecule has 0 fully saturated rings. The third-order valence-electron chi connectivity index (χ3n) is 6.91. The van der Waals surface area contributed by atoms with Crippen LogP contribution in [0.25, 0.3) is 27.1 Å². The van der Waals surface area contributed by atoms with Crippen molar-refractivity contribution in [3.05, 3.63) is 125 Å². The quantitative estimate of drug-likeness (QED) is 0.242. The zero-order valence-corrected chi connectivity index (χ0v) is 21.1. The van der Waals surface area contributed by atoms with E-state index in [0.29, 0.717) is 23.2 Å². The molecule has 0 N–H and O–H groups in total. The van der Waals surface area contributed by atoms with Gasteiger partial charge in [-0.2, -0.15) is 5.26 Å². The Kier molecular flexibility index (Phi) is 7.96. The third kappa shape index (κ3) is 5.72. The van der Waals surface area contributed by atoms with E-state index in [1.807, 2.05) is 48.5 Å². The Balaban J connectivity index is 1.53. The Hall–Kier alpha value is -4.18. The lowest BCUT2D eigenvalue weighted by atomic mass is 9.98. The van der Waals surface area contributed by atoms with E-state index in [1.165, 1.54) is 11.1 Å². The maximum Gasteiger partial charge on any atom is 0.194 e. The molecule has 0 saturated heterocycles. The third-order valence-corrected chi connectivity index (χ3v) is 6.91. The Labute approximate surface area is 215 Å². The van der Waals surface area contributed by atoms with Gasteiger partial charge in [-0.1, -0.05) is 105 Å². The SMILES string of the molecule is [C-]#[N+]c1ccccc1-c1ccc(CN(Cc2ccc(-c3ccccc3C#N)cc2)[C@H](C)C(C)C)cc1. The van der Waals surface area contributed by atoms with Crippen LogP contribution in [0, 0.1) is 23.8 Å². The first kappa shape index (κ1) is 24.9. The summed E-state index contributed by atoms with van der Waals surface area (Å²) < 4.78 is 0. The van der Waals surface area contributed by atoms with E-state index in [2.05, 4.69) is 85.1 Å². The summed E-state index contributed by atoms with van der Waals surface area (Å²) in [5, 5.41) is 9.44. The molecule has 0 heterocycles. The topological polar surface area (TPSA) is 31.4 Å². The lowest BCUT2D eigenvalue weighted by Crippen LogP contribution is -2.35. The summed E-state index contributed by atoms with van der Waals surface area (Å²) in [6, 6.07) is 35.4. The maximum atomic E-state index is 9.44. The predicted molar refractivity (Wildman–Crippen MR) is 148 cm³/mol. The fourth-order valence-electron chi connectivity index (χ4n) is 4.46. The van der Waals surface area contributed by atoms with Crippen LogP contribution in [0.15, 0.2) is 97.1 Å². The number of benzene rings is 4. The van der Waals surface area contributed by atoms with Gasteiger partial charge in [-0.15, -0.1) is 0 Å². The minimum atomic E-state index is 0.409. The van der Waals surface area contributed by atoms with Crippen LogP contribution in [-0.2, 0) is 13.1 Å². The van der Waals surface area contributed by atoms with Crippen molar-refractivity contribution >= 4 is 5.69 Å². The average Bonchev–Trinajstić information content (AvgIpc) is 2.93. The molecule has 178 valence electrons. The fourth-order valence-corrected chi connectivity index (χ4v) is 4.46. The Bertz CT molecular complexity index is 1280. The van der Waals surface area contributed by atoms with Gasteiger partial charge in [0, 0.05) is 19.1 Å². The highest BCUT2D eigenvalue weighted by molar-refractivity contribution is 5.78. The van der Waals surface area contributed by atoms with Gasteiger partial charge in [0.25, 0.3) is 0 Å². The molecule has 4 aromatic rings. The van der Waals surface area contributed by atoms with Crippen LogP contribution >= 0.6 is 0 Å². The molecule has 0 bridgehead atoms. The molecule has 4 rings (SSSR count). The van der Waals surface area contributed by atoms with E-state index < -0.39 is 0 Å². The first-order valence-electron chi connectivity index (χ1n) is 12.4. The van der Waals surface area contributed by atoms with Crippen molar-refractivity contribution in [3.63, 3.8) is 0 Å². The molecule has 3 nitrogen and oxygen atoms in total. The molecule has 0 aliphatic rings. The smallest absolute Gasteiger partial charge is 0.194 e.